The van der Waals surface area contributed by atoms with Crippen molar-refractivity contribution in [2.45, 2.75) is 20.8 Å². The zero-order valence-electron chi connectivity index (χ0n) is 20.7. The van der Waals surface area contributed by atoms with Gasteiger partial charge >= 0.3 is 0 Å². The Morgan fingerprint density at radius 3 is 2.53 bits per heavy atom. The van der Waals surface area contributed by atoms with Crippen molar-refractivity contribution in [2.24, 2.45) is 0 Å². The molecule has 3 N–H and O–H groups in total. The van der Waals surface area contributed by atoms with Gasteiger partial charge in [0.15, 0.2) is 17.4 Å². The fourth-order valence-electron chi connectivity index (χ4n) is 3.49. The fraction of sp³-hybridized carbons (Fsp3) is 0.250. The molecule has 200 valence electrons. The molecule has 0 aliphatic rings. The highest BCUT2D eigenvalue weighted by Gasteiger charge is 2.19. The number of anilines is 2. The summed E-state index contributed by atoms with van der Waals surface area (Å²) in [6, 6.07) is 8.84. The Labute approximate surface area is 217 Å². The number of fused-ring (bicyclic) bond motifs is 1. The molecule has 0 bridgehead atoms. The molecule has 0 spiro atoms. The molecule has 2 heterocycles. The number of aromatic nitrogens is 4. The molecule has 11 nitrogen and oxygen atoms in total. The van der Waals surface area contributed by atoms with Gasteiger partial charge in [-0.15, -0.1) is 10.2 Å². The largest absolute Gasteiger partial charge is 0.454 e. The van der Waals surface area contributed by atoms with E-state index in [1.165, 1.54) is 29.6 Å². The second-order valence-electron chi connectivity index (χ2n) is 8.13. The van der Waals surface area contributed by atoms with E-state index in [0.29, 0.717) is 29.8 Å². The van der Waals surface area contributed by atoms with Crippen molar-refractivity contribution in [3.05, 3.63) is 59.9 Å². The molecular formula is C24H25F2N7O4S. The Bertz CT molecular complexity index is 1610. The van der Waals surface area contributed by atoms with Crippen molar-refractivity contribution >= 4 is 33.0 Å². The summed E-state index contributed by atoms with van der Waals surface area (Å²) in [5, 5.41) is 18.4. The Balaban J connectivity index is 1.85. The van der Waals surface area contributed by atoms with Gasteiger partial charge in [0.25, 0.3) is 0 Å². The maximum atomic E-state index is 14.4. The van der Waals surface area contributed by atoms with Crippen LogP contribution in [0.1, 0.15) is 19.7 Å². The molecule has 0 saturated heterocycles. The lowest BCUT2D eigenvalue weighted by molar-refractivity contribution is -0.119. The summed E-state index contributed by atoms with van der Waals surface area (Å²) in [5.74, 6) is -1.77. The summed E-state index contributed by atoms with van der Waals surface area (Å²) in [6.45, 7) is 5.38. The Kier molecular flexibility index (Phi) is 7.71. The molecule has 38 heavy (non-hydrogen) atoms. The number of likely N-dealkylation sites (N-methyl/N-ethyl adjacent to an activating group) is 1. The highest BCUT2D eigenvalue weighted by molar-refractivity contribution is 7.92. The Hall–Kier alpha value is -4.33. The Morgan fingerprint density at radius 1 is 1.05 bits per heavy atom. The first kappa shape index (κ1) is 26.7. The second-order valence-corrected chi connectivity index (χ2v) is 10.1. The third-order valence-electron chi connectivity index (χ3n) is 5.36. The van der Waals surface area contributed by atoms with E-state index in [0.717, 1.165) is 12.1 Å². The number of benzene rings is 2. The number of hydrogen-bond donors (Lipinski definition) is 3. The maximum Gasteiger partial charge on any atom is 0.239 e. The van der Waals surface area contributed by atoms with Crippen molar-refractivity contribution in [3.8, 4) is 22.8 Å². The number of carbonyl (C=O) groups excluding carboxylic acids is 1. The molecule has 1 amide bonds. The summed E-state index contributed by atoms with van der Waals surface area (Å²) in [5.41, 5.74) is 1.54. The lowest BCUT2D eigenvalue weighted by atomic mass is 10.1. The SMILES string of the molecule is CCNC(=O)CNc1cc(-c2cc(NS(=O)(=O)CC)ccc2Oc2ccc(F)cc2F)nn2c(C)nnc12. The molecule has 2 aromatic carbocycles. The molecule has 0 fully saturated rings. The zero-order chi connectivity index (χ0) is 27.4. The van der Waals surface area contributed by atoms with Gasteiger partial charge in [0.2, 0.25) is 21.6 Å². The number of amides is 1. The Morgan fingerprint density at radius 2 is 1.82 bits per heavy atom. The van der Waals surface area contributed by atoms with Crippen LogP contribution in [-0.2, 0) is 14.8 Å². The highest BCUT2D eigenvalue weighted by atomic mass is 32.2. The fourth-order valence-corrected chi connectivity index (χ4v) is 4.12. The van der Waals surface area contributed by atoms with Crippen LogP contribution in [0.25, 0.3) is 16.9 Å². The predicted molar refractivity (Wildman–Crippen MR) is 138 cm³/mol. The van der Waals surface area contributed by atoms with Crippen molar-refractivity contribution in [2.75, 3.05) is 28.9 Å². The van der Waals surface area contributed by atoms with Crippen LogP contribution >= 0.6 is 0 Å². The van der Waals surface area contributed by atoms with Gasteiger partial charge in [0.05, 0.1) is 23.7 Å². The van der Waals surface area contributed by atoms with E-state index in [1.807, 2.05) is 0 Å². The van der Waals surface area contributed by atoms with Gasteiger partial charge in [-0.25, -0.2) is 17.2 Å². The van der Waals surface area contributed by atoms with Crippen LogP contribution in [0.2, 0.25) is 0 Å². The third-order valence-corrected chi connectivity index (χ3v) is 6.67. The summed E-state index contributed by atoms with van der Waals surface area (Å²) in [4.78, 5) is 12.1. The van der Waals surface area contributed by atoms with Gasteiger partial charge in [-0.2, -0.15) is 9.61 Å². The minimum absolute atomic E-state index is 0.0562. The number of nitrogens with zero attached hydrogens (tertiary/aromatic N) is 4. The van der Waals surface area contributed by atoms with Crippen LogP contribution in [0.5, 0.6) is 11.5 Å². The molecule has 0 atom stereocenters. The highest BCUT2D eigenvalue weighted by Crippen LogP contribution is 2.37. The number of halogens is 2. The lowest BCUT2D eigenvalue weighted by Crippen LogP contribution is -2.29. The molecule has 2 aromatic heterocycles. The molecule has 0 radical (unpaired) electrons. The molecule has 0 aliphatic carbocycles. The maximum absolute atomic E-state index is 14.4. The number of rotatable bonds is 10. The second kappa shape index (κ2) is 11.0. The van der Waals surface area contributed by atoms with Crippen LogP contribution in [-0.4, -0.2) is 53.0 Å². The van der Waals surface area contributed by atoms with E-state index >= 15 is 0 Å². The zero-order valence-corrected chi connectivity index (χ0v) is 21.6. The molecule has 0 saturated carbocycles. The number of hydrogen-bond acceptors (Lipinski definition) is 8. The quantitative estimate of drug-likeness (QED) is 0.275. The normalized spacial score (nSPS) is 11.4. The van der Waals surface area contributed by atoms with E-state index < -0.39 is 21.7 Å². The monoisotopic (exact) mass is 545 g/mol. The van der Waals surface area contributed by atoms with Crippen LogP contribution in [0.4, 0.5) is 20.2 Å². The van der Waals surface area contributed by atoms with Crippen LogP contribution in [0.3, 0.4) is 0 Å². The molecule has 0 unspecified atom stereocenters. The lowest BCUT2D eigenvalue weighted by Gasteiger charge is -2.15. The van der Waals surface area contributed by atoms with Crippen molar-refractivity contribution in [1.82, 2.24) is 25.1 Å². The topological polar surface area (TPSA) is 140 Å². The van der Waals surface area contributed by atoms with Crippen LogP contribution in [0.15, 0.2) is 42.5 Å². The summed E-state index contributed by atoms with van der Waals surface area (Å²) in [6.07, 6.45) is 0. The summed E-state index contributed by atoms with van der Waals surface area (Å²) in [7, 11) is -3.61. The molecular weight excluding hydrogens is 520 g/mol. The average Bonchev–Trinajstić information content (AvgIpc) is 3.25. The first-order valence-corrected chi connectivity index (χ1v) is 13.3. The van der Waals surface area contributed by atoms with E-state index in [9.17, 15) is 22.0 Å². The first-order valence-electron chi connectivity index (χ1n) is 11.6. The van der Waals surface area contributed by atoms with Gasteiger partial charge in [-0.3, -0.25) is 9.52 Å². The number of nitrogens with one attached hydrogen (secondary N) is 3. The van der Waals surface area contributed by atoms with Gasteiger partial charge < -0.3 is 15.4 Å². The third kappa shape index (κ3) is 5.96. The number of sulfonamides is 1. The number of aryl methyl sites for hydroxylation is 1. The molecule has 14 heteroatoms. The van der Waals surface area contributed by atoms with E-state index in [4.69, 9.17) is 4.74 Å². The van der Waals surface area contributed by atoms with Gasteiger partial charge in [0, 0.05) is 23.9 Å². The standard InChI is InChI=1S/C24H25F2N7O4S/c1-4-27-23(34)13-28-20-12-19(31-33-14(3)29-30-24(20)33)17-11-16(32-38(35,36)5-2)7-9-21(17)37-22-8-6-15(25)10-18(22)26/h6-12,28,32H,4-5,13H2,1-3H3,(H,27,34). The number of carbonyl (C=O) groups is 1. The van der Waals surface area contributed by atoms with Crippen LogP contribution < -0.4 is 20.1 Å². The van der Waals surface area contributed by atoms with Gasteiger partial charge in [-0.1, -0.05) is 0 Å². The van der Waals surface area contributed by atoms with Gasteiger partial charge in [0.1, 0.15) is 11.6 Å². The van der Waals surface area contributed by atoms with E-state index in [1.54, 1.807) is 19.9 Å². The van der Waals surface area contributed by atoms with E-state index in [-0.39, 0.29) is 46.6 Å². The minimum Gasteiger partial charge on any atom is -0.454 e. The average molecular weight is 546 g/mol. The molecule has 0 aliphatic heterocycles. The molecule has 4 aromatic rings. The molecule has 4 rings (SSSR count). The predicted octanol–water partition coefficient (Wildman–Crippen LogP) is 3.48. The minimum atomic E-state index is -3.61. The van der Waals surface area contributed by atoms with Crippen molar-refractivity contribution in [1.29, 1.82) is 0 Å². The van der Waals surface area contributed by atoms with Crippen molar-refractivity contribution < 1.29 is 26.7 Å². The summed E-state index contributed by atoms with van der Waals surface area (Å²) >= 11 is 0. The van der Waals surface area contributed by atoms with Crippen LogP contribution in [0, 0.1) is 18.6 Å². The smallest absolute Gasteiger partial charge is 0.239 e. The van der Waals surface area contributed by atoms with Gasteiger partial charge in [-0.05, 0) is 57.2 Å². The van der Waals surface area contributed by atoms with E-state index in [2.05, 4.69) is 30.7 Å². The number of ether oxygens (including phenoxy) is 1. The summed E-state index contributed by atoms with van der Waals surface area (Å²) < 4.78 is 61.9. The van der Waals surface area contributed by atoms with Crippen molar-refractivity contribution in [3.63, 3.8) is 0 Å². The first-order chi connectivity index (χ1) is 18.1.